The third kappa shape index (κ3) is 3.87. The molecule has 0 aromatic heterocycles. The van der Waals surface area contributed by atoms with E-state index < -0.39 is 17.8 Å². The van der Waals surface area contributed by atoms with E-state index in [1.807, 2.05) is 0 Å². The molecule has 0 bridgehead atoms. The molecule has 0 heterocycles. The molecule has 1 aromatic rings. The molecule has 2 nitrogen and oxygen atoms in total. The number of aliphatic hydroxyl groups is 1. The molecular weight excluding hydrogens is 255 g/mol. The number of hydrogen-bond donors (Lipinski definition) is 2. The molecule has 6 heteroatoms. The van der Waals surface area contributed by atoms with E-state index in [1.165, 1.54) is 12.1 Å². The molecule has 0 saturated heterocycles. The highest BCUT2D eigenvalue weighted by Crippen LogP contribution is 2.35. The number of nitrogens with two attached hydrogens (primary N) is 1. The molecular formula is C11H13ClF3NO. The predicted molar refractivity (Wildman–Crippen MR) is 59.7 cm³/mol. The Morgan fingerprint density at radius 2 is 2.00 bits per heavy atom. The van der Waals surface area contributed by atoms with Crippen molar-refractivity contribution in [3.8, 4) is 0 Å². The van der Waals surface area contributed by atoms with Gasteiger partial charge in [0.25, 0.3) is 0 Å². The standard InChI is InChI=1S/C11H13ClF3NO/c12-9-6-7(10(16)2-1-5-17)3-4-8(9)11(13,14)15/h3-4,6,10,17H,1-2,5,16H2/t10-/m1/s1. The average molecular weight is 268 g/mol. The molecule has 0 unspecified atom stereocenters. The van der Waals surface area contributed by atoms with Crippen molar-refractivity contribution in [1.29, 1.82) is 0 Å². The van der Waals surface area contributed by atoms with Crippen LogP contribution in [0, 0.1) is 0 Å². The van der Waals surface area contributed by atoms with Gasteiger partial charge in [-0.05, 0) is 30.5 Å². The lowest BCUT2D eigenvalue weighted by Crippen LogP contribution is -2.12. The first kappa shape index (κ1) is 14.3. The zero-order valence-electron chi connectivity index (χ0n) is 8.97. The van der Waals surface area contributed by atoms with E-state index in [0.29, 0.717) is 18.4 Å². The Bertz CT molecular complexity index is 381. The third-order valence-corrected chi connectivity index (χ3v) is 2.71. The molecule has 1 rings (SSSR count). The number of rotatable bonds is 4. The summed E-state index contributed by atoms with van der Waals surface area (Å²) in [5.41, 5.74) is 5.43. The highest BCUT2D eigenvalue weighted by Gasteiger charge is 2.33. The molecule has 1 aromatic carbocycles. The van der Waals surface area contributed by atoms with Crippen LogP contribution < -0.4 is 5.73 Å². The fraction of sp³-hybridized carbons (Fsp3) is 0.455. The normalized spacial score (nSPS) is 13.8. The minimum absolute atomic E-state index is 0.00205. The maximum Gasteiger partial charge on any atom is 0.417 e. The van der Waals surface area contributed by atoms with Crippen LogP contribution >= 0.6 is 11.6 Å². The molecule has 96 valence electrons. The van der Waals surface area contributed by atoms with E-state index in [4.69, 9.17) is 22.4 Å². The van der Waals surface area contributed by atoms with Gasteiger partial charge >= 0.3 is 6.18 Å². The number of hydrogen-bond acceptors (Lipinski definition) is 2. The second-order valence-corrected chi connectivity index (χ2v) is 4.12. The van der Waals surface area contributed by atoms with E-state index in [1.54, 1.807) is 0 Å². The fourth-order valence-electron chi connectivity index (χ4n) is 1.47. The summed E-state index contributed by atoms with van der Waals surface area (Å²) in [6.45, 7) is 0.00205. The average Bonchev–Trinajstić information content (AvgIpc) is 2.23. The van der Waals surface area contributed by atoms with Gasteiger partial charge in [0.15, 0.2) is 0 Å². The molecule has 3 N–H and O–H groups in total. The van der Waals surface area contributed by atoms with Crippen LogP contribution in [0.1, 0.15) is 30.0 Å². The Kier molecular flexibility index (Phi) is 4.80. The van der Waals surface area contributed by atoms with Gasteiger partial charge < -0.3 is 10.8 Å². The maximum atomic E-state index is 12.4. The highest BCUT2D eigenvalue weighted by atomic mass is 35.5. The number of aliphatic hydroxyl groups excluding tert-OH is 1. The van der Waals surface area contributed by atoms with Gasteiger partial charge in [-0.2, -0.15) is 13.2 Å². The lowest BCUT2D eigenvalue weighted by Gasteiger charge is -2.14. The van der Waals surface area contributed by atoms with Crippen LogP contribution in [0.4, 0.5) is 13.2 Å². The minimum atomic E-state index is -4.45. The van der Waals surface area contributed by atoms with E-state index in [-0.39, 0.29) is 11.6 Å². The molecule has 1 atom stereocenters. The summed E-state index contributed by atoms with van der Waals surface area (Å²) >= 11 is 5.57. The van der Waals surface area contributed by atoms with Gasteiger partial charge in [0.1, 0.15) is 0 Å². The Labute approximate surface area is 102 Å². The fourth-order valence-corrected chi connectivity index (χ4v) is 1.77. The predicted octanol–water partition coefficient (Wildman–Crippen LogP) is 3.13. The van der Waals surface area contributed by atoms with Crippen molar-refractivity contribution in [1.82, 2.24) is 0 Å². The molecule has 0 amide bonds. The summed E-state index contributed by atoms with van der Waals surface area (Å²) in [5, 5.41) is 8.28. The van der Waals surface area contributed by atoms with Gasteiger partial charge in [-0.1, -0.05) is 17.7 Å². The van der Waals surface area contributed by atoms with Crippen LogP contribution in [0.5, 0.6) is 0 Å². The number of halogens is 4. The first-order chi connectivity index (χ1) is 7.86. The van der Waals surface area contributed by atoms with Crippen molar-refractivity contribution < 1.29 is 18.3 Å². The van der Waals surface area contributed by atoms with E-state index >= 15 is 0 Å². The van der Waals surface area contributed by atoms with Gasteiger partial charge in [-0.15, -0.1) is 0 Å². The quantitative estimate of drug-likeness (QED) is 0.880. The maximum absolute atomic E-state index is 12.4. The molecule has 0 aliphatic rings. The van der Waals surface area contributed by atoms with Gasteiger partial charge in [0.05, 0.1) is 10.6 Å². The number of alkyl halides is 3. The van der Waals surface area contributed by atoms with Crippen LogP contribution in [0.15, 0.2) is 18.2 Å². The molecule has 0 saturated carbocycles. The van der Waals surface area contributed by atoms with Crippen molar-refractivity contribution in [2.75, 3.05) is 6.61 Å². The van der Waals surface area contributed by atoms with Crippen LogP contribution in [0.3, 0.4) is 0 Å². The lowest BCUT2D eigenvalue weighted by molar-refractivity contribution is -0.137. The second kappa shape index (κ2) is 5.71. The Balaban J connectivity index is 2.89. The van der Waals surface area contributed by atoms with Crippen molar-refractivity contribution in [3.63, 3.8) is 0 Å². The zero-order valence-corrected chi connectivity index (χ0v) is 9.72. The van der Waals surface area contributed by atoms with Gasteiger partial charge in [-0.25, -0.2) is 0 Å². The highest BCUT2D eigenvalue weighted by molar-refractivity contribution is 6.31. The summed E-state index contributed by atoms with van der Waals surface area (Å²) < 4.78 is 37.3. The van der Waals surface area contributed by atoms with E-state index in [2.05, 4.69) is 0 Å². The first-order valence-corrected chi connectivity index (χ1v) is 5.47. The van der Waals surface area contributed by atoms with Gasteiger partial charge in [0, 0.05) is 12.6 Å². The van der Waals surface area contributed by atoms with E-state index in [9.17, 15) is 13.2 Å². The Hall–Kier alpha value is -0.780. The molecule has 0 aliphatic carbocycles. The Morgan fingerprint density at radius 1 is 1.35 bits per heavy atom. The molecule has 0 fully saturated rings. The molecule has 0 spiro atoms. The number of benzene rings is 1. The summed E-state index contributed by atoms with van der Waals surface area (Å²) in [7, 11) is 0. The molecule has 0 aliphatic heterocycles. The topological polar surface area (TPSA) is 46.2 Å². The van der Waals surface area contributed by atoms with Crippen molar-refractivity contribution >= 4 is 11.6 Å². The molecule has 0 radical (unpaired) electrons. The van der Waals surface area contributed by atoms with Gasteiger partial charge in [-0.3, -0.25) is 0 Å². The minimum Gasteiger partial charge on any atom is -0.396 e. The second-order valence-electron chi connectivity index (χ2n) is 3.71. The largest absolute Gasteiger partial charge is 0.417 e. The van der Waals surface area contributed by atoms with Crippen LogP contribution in [-0.2, 0) is 6.18 Å². The van der Waals surface area contributed by atoms with Crippen molar-refractivity contribution in [3.05, 3.63) is 34.3 Å². The monoisotopic (exact) mass is 267 g/mol. The van der Waals surface area contributed by atoms with Crippen LogP contribution in [-0.4, -0.2) is 11.7 Å². The SMILES string of the molecule is N[C@H](CCCO)c1ccc(C(F)(F)F)c(Cl)c1. The summed E-state index contributed by atoms with van der Waals surface area (Å²) in [6, 6.07) is 3.06. The van der Waals surface area contributed by atoms with Crippen molar-refractivity contribution in [2.45, 2.75) is 25.1 Å². The molecule has 17 heavy (non-hydrogen) atoms. The summed E-state index contributed by atoms with van der Waals surface area (Å²) in [4.78, 5) is 0. The Morgan fingerprint density at radius 3 is 2.47 bits per heavy atom. The van der Waals surface area contributed by atoms with Gasteiger partial charge in [0.2, 0.25) is 0 Å². The smallest absolute Gasteiger partial charge is 0.396 e. The summed E-state index contributed by atoms with van der Waals surface area (Å²) in [5.74, 6) is 0. The van der Waals surface area contributed by atoms with Crippen molar-refractivity contribution in [2.24, 2.45) is 5.73 Å². The van der Waals surface area contributed by atoms with Crippen LogP contribution in [0.2, 0.25) is 5.02 Å². The first-order valence-electron chi connectivity index (χ1n) is 5.09. The van der Waals surface area contributed by atoms with E-state index in [0.717, 1.165) is 6.07 Å². The third-order valence-electron chi connectivity index (χ3n) is 2.40. The zero-order chi connectivity index (χ0) is 13.1. The lowest BCUT2D eigenvalue weighted by atomic mass is 10.0. The summed E-state index contributed by atoms with van der Waals surface area (Å²) in [6.07, 6.45) is -3.46. The van der Waals surface area contributed by atoms with Crippen LogP contribution in [0.25, 0.3) is 0 Å².